The van der Waals surface area contributed by atoms with Gasteiger partial charge in [-0.3, -0.25) is 4.90 Å². The van der Waals surface area contributed by atoms with Gasteiger partial charge in [0.1, 0.15) is 0 Å². The van der Waals surface area contributed by atoms with E-state index in [-0.39, 0.29) is 0 Å². The fourth-order valence-electron chi connectivity index (χ4n) is 3.37. The van der Waals surface area contributed by atoms with E-state index in [1.807, 2.05) is 12.1 Å². The SMILES string of the molecule is Cc1ccc(Cl)cc1-c1ccc(CN2CC(C)OC(C)C2)cc1. The summed E-state index contributed by atoms with van der Waals surface area (Å²) < 4.78 is 5.80. The fourth-order valence-corrected chi connectivity index (χ4v) is 3.54. The smallest absolute Gasteiger partial charge is 0.0678 e. The summed E-state index contributed by atoms with van der Waals surface area (Å²) in [4.78, 5) is 2.47. The van der Waals surface area contributed by atoms with Crippen molar-refractivity contribution in [2.75, 3.05) is 13.1 Å². The van der Waals surface area contributed by atoms with Gasteiger partial charge in [0.15, 0.2) is 0 Å². The Labute approximate surface area is 144 Å². The van der Waals surface area contributed by atoms with Crippen molar-refractivity contribution in [3.05, 3.63) is 58.6 Å². The zero-order valence-corrected chi connectivity index (χ0v) is 14.8. The molecule has 0 aliphatic carbocycles. The van der Waals surface area contributed by atoms with Gasteiger partial charge in [-0.25, -0.2) is 0 Å². The predicted octanol–water partition coefficient (Wildman–Crippen LogP) is 4.92. The van der Waals surface area contributed by atoms with E-state index in [0.29, 0.717) is 12.2 Å². The first-order valence-electron chi connectivity index (χ1n) is 8.24. The number of nitrogens with zero attached hydrogens (tertiary/aromatic N) is 1. The van der Waals surface area contributed by atoms with Crippen molar-refractivity contribution >= 4 is 11.6 Å². The summed E-state index contributed by atoms with van der Waals surface area (Å²) in [7, 11) is 0. The van der Waals surface area contributed by atoms with Crippen LogP contribution in [0.25, 0.3) is 11.1 Å². The molecule has 0 bridgehead atoms. The Morgan fingerprint density at radius 1 is 1.04 bits per heavy atom. The summed E-state index contributed by atoms with van der Waals surface area (Å²) in [5.74, 6) is 0. The third kappa shape index (κ3) is 4.14. The van der Waals surface area contributed by atoms with E-state index in [1.165, 1.54) is 22.3 Å². The number of aryl methyl sites for hydroxylation is 1. The number of hydrogen-bond acceptors (Lipinski definition) is 2. The van der Waals surface area contributed by atoms with Crippen molar-refractivity contribution < 1.29 is 4.74 Å². The van der Waals surface area contributed by atoms with E-state index in [0.717, 1.165) is 24.7 Å². The van der Waals surface area contributed by atoms with Crippen molar-refractivity contribution in [1.29, 1.82) is 0 Å². The monoisotopic (exact) mass is 329 g/mol. The lowest BCUT2D eigenvalue weighted by atomic mass is 9.99. The molecular formula is C20H24ClNO. The second-order valence-corrected chi connectivity index (χ2v) is 7.04. The highest BCUT2D eigenvalue weighted by Gasteiger charge is 2.21. The Kier molecular flexibility index (Phi) is 5.05. The Morgan fingerprint density at radius 3 is 2.35 bits per heavy atom. The third-order valence-electron chi connectivity index (χ3n) is 4.37. The number of halogens is 1. The van der Waals surface area contributed by atoms with Crippen molar-refractivity contribution in [3.8, 4) is 11.1 Å². The van der Waals surface area contributed by atoms with Crippen molar-refractivity contribution in [1.82, 2.24) is 4.90 Å². The van der Waals surface area contributed by atoms with Crippen molar-refractivity contribution in [2.24, 2.45) is 0 Å². The summed E-state index contributed by atoms with van der Waals surface area (Å²) in [6.45, 7) is 9.39. The first-order valence-corrected chi connectivity index (χ1v) is 8.62. The van der Waals surface area contributed by atoms with Gasteiger partial charge < -0.3 is 4.74 Å². The summed E-state index contributed by atoms with van der Waals surface area (Å²) >= 11 is 6.14. The molecule has 1 heterocycles. The van der Waals surface area contributed by atoms with Gasteiger partial charge in [0.05, 0.1) is 12.2 Å². The minimum absolute atomic E-state index is 0.312. The molecule has 122 valence electrons. The summed E-state index contributed by atoms with van der Waals surface area (Å²) in [6.07, 6.45) is 0.624. The molecule has 3 rings (SSSR count). The molecule has 1 saturated heterocycles. The molecule has 23 heavy (non-hydrogen) atoms. The minimum Gasteiger partial charge on any atom is -0.373 e. The summed E-state index contributed by atoms with van der Waals surface area (Å²) in [5, 5.41) is 0.783. The highest BCUT2D eigenvalue weighted by atomic mass is 35.5. The van der Waals surface area contributed by atoms with Gasteiger partial charge in [-0.2, -0.15) is 0 Å². The van der Waals surface area contributed by atoms with Gasteiger partial charge in [-0.15, -0.1) is 0 Å². The third-order valence-corrected chi connectivity index (χ3v) is 4.60. The Balaban J connectivity index is 1.73. The quantitative estimate of drug-likeness (QED) is 0.792. The van der Waals surface area contributed by atoms with Crippen LogP contribution in [0.3, 0.4) is 0 Å². The number of ether oxygens (including phenoxy) is 1. The molecule has 2 unspecified atom stereocenters. The molecule has 2 nitrogen and oxygen atoms in total. The van der Waals surface area contributed by atoms with E-state index in [9.17, 15) is 0 Å². The molecule has 1 aliphatic rings. The van der Waals surface area contributed by atoms with Gasteiger partial charge in [-0.1, -0.05) is 41.9 Å². The van der Waals surface area contributed by atoms with Crippen molar-refractivity contribution in [2.45, 2.75) is 39.5 Å². The van der Waals surface area contributed by atoms with Gasteiger partial charge in [-0.05, 0) is 55.2 Å². The number of benzene rings is 2. The van der Waals surface area contributed by atoms with Crippen molar-refractivity contribution in [3.63, 3.8) is 0 Å². The van der Waals surface area contributed by atoms with Crippen LogP contribution in [-0.4, -0.2) is 30.2 Å². The molecule has 0 saturated carbocycles. The zero-order chi connectivity index (χ0) is 16.4. The number of morpholine rings is 1. The molecule has 0 aromatic heterocycles. The zero-order valence-electron chi connectivity index (χ0n) is 14.1. The first kappa shape index (κ1) is 16.5. The molecule has 0 amide bonds. The maximum atomic E-state index is 6.14. The molecule has 0 N–H and O–H groups in total. The second-order valence-electron chi connectivity index (χ2n) is 6.61. The minimum atomic E-state index is 0.312. The largest absolute Gasteiger partial charge is 0.373 e. The van der Waals surface area contributed by atoms with Gasteiger partial charge in [0.2, 0.25) is 0 Å². The highest BCUT2D eigenvalue weighted by molar-refractivity contribution is 6.30. The molecule has 1 aliphatic heterocycles. The average Bonchev–Trinajstić information content (AvgIpc) is 2.49. The van der Waals surface area contributed by atoms with Crippen LogP contribution in [0.1, 0.15) is 25.0 Å². The van der Waals surface area contributed by atoms with Crippen LogP contribution >= 0.6 is 11.6 Å². The topological polar surface area (TPSA) is 12.5 Å². The highest BCUT2D eigenvalue weighted by Crippen LogP contribution is 2.27. The average molecular weight is 330 g/mol. The van der Waals surface area contributed by atoms with Gasteiger partial charge in [0.25, 0.3) is 0 Å². The maximum absolute atomic E-state index is 6.14. The Morgan fingerprint density at radius 2 is 1.70 bits per heavy atom. The molecule has 0 radical (unpaired) electrons. The molecule has 2 aromatic carbocycles. The second kappa shape index (κ2) is 7.04. The van der Waals surface area contributed by atoms with E-state index >= 15 is 0 Å². The number of hydrogen-bond donors (Lipinski definition) is 0. The molecule has 2 aromatic rings. The lowest BCUT2D eigenvalue weighted by Crippen LogP contribution is -2.44. The Bertz CT molecular complexity index is 658. The summed E-state index contributed by atoms with van der Waals surface area (Å²) in [5.41, 5.74) is 5.02. The fraction of sp³-hybridized carbons (Fsp3) is 0.400. The van der Waals surface area contributed by atoms with E-state index in [4.69, 9.17) is 16.3 Å². The van der Waals surface area contributed by atoms with Crippen LogP contribution in [0.5, 0.6) is 0 Å². The van der Waals surface area contributed by atoms with Crippen LogP contribution in [0.4, 0.5) is 0 Å². The molecular weight excluding hydrogens is 306 g/mol. The summed E-state index contributed by atoms with van der Waals surface area (Å²) in [6, 6.07) is 14.9. The molecule has 1 fully saturated rings. The van der Waals surface area contributed by atoms with Gasteiger partial charge in [0, 0.05) is 24.7 Å². The predicted molar refractivity (Wildman–Crippen MR) is 96.9 cm³/mol. The van der Waals surface area contributed by atoms with Gasteiger partial charge >= 0.3 is 0 Å². The van der Waals surface area contributed by atoms with Crippen LogP contribution in [-0.2, 0) is 11.3 Å². The van der Waals surface area contributed by atoms with E-state index in [1.54, 1.807) is 0 Å². The first-order chi connectivity index (χ1) is 11.0. The number of rotatable bonds is 3. The molecule has 2 atom stereocenters. The lowest BCUT2D eigenvalue weighted by molar-refractivity contribution is -0.0704. The molecule has 3 heteroatoms. The molecule has 0 spiro atoms. The van der Waals surface area contributed by atoms with Crippen LogP contribution in [0.2, 0.25) is 5.02 Å². The lowest BCUT2D eigenvalue weighted by Gasteiger charge is -2.35. The standard InChI is InChI=1S/C20H24ClNO/c1-14-4-9-19(21)10-20(14)18-7-5-17(6-8-18)13-22-11-15(2)23-16(3)12-22/h4-10,15-16H,11-13H2,1-3H3. The van der Waals surface area contributed by atoms with Crippen LogP contribution < -0.4 is 0 Å². The van der Waals surface area contributed by atoms with Crippen LogP contribution in [0.15, 0.2) is 42.5 Å². The maximum Gasteiger partial charge on any atom is 0.0678 e. The van der Waals surface area contributed by atoms with Crippen LogP contribution in [0, 0.1) is 6.92 Å². The normalized spacial score (nSPS) is 22.3. The van der Waals surface area contributed by atoms with E-state index < -0.39 is 0 Å². The van der Waals surface area contributed by atoms with E-state index in [2.05, 4.69) is 56.0 Å². The Hall–Kier alpha value is -1.35.